The molecule has 0 N–H and O–H groups in total. The van der Waals surface area contributed by atoms with Gasteiger partial charge in [0.05, 0.1) is 25.2 Å². The van der Waals surface area contributed by atoms with E-state index in [2.05, 4.69) is 4.98 Å². The summed E-state index contributed by atoms with van der Waals surface area (Å²) < 4.78 is 6.84. The van der Waals surface area contributed by atoms with E-state index in [1.54, 1.807) is 30.8 Å². The molecule has 0 fully saturated rings. The molecule has 5 heteroatoms. The van der Waals surface area contributed by atoms with E-state index in [0.717, 1.165) is 0 Å². The molecule has 2 aromatic heterocycles. The second-order valence-electron chi connectivity index (χ2n) is 3.60. The summed E-state index contributed by atoms with van der Waals surface area (Å²) in [5.74, 6) is -0.326. The van der Waals surface area contributed by atoms with Crippen LogP contribution >= 0.6 is 11.3 Å². The molecule has 0 saturated heterocycles. The molecule has 0 spiro atoms. The SMILES string of the molecule is CCOC(=O)c1cncn1C(C)c1cccs1. The second kappa shape index (κ2) is 5.14. The van der Waals surface area contributed by atoms with Crippen molar-refractivity contribution >= 4 is 17.3 Å². The first kappa shape index (κ1) is 11.9. The molecule has 0 aromatic carbocycles. The van der Waals surface area contributed by atoms with E-state index >= 15 is 0 Å². The lowest BCUT2D eigenvalue weighted by Gasteiger charge is -2.14. The number of hydrogen-bond donors (Lipinski definition) is 0. The zero-order valence-corrected chi connectivity index (χ0v) is 10.6. The number of aromatic nitrogens is 2. The summed E-state index contributed by atoms with van der Waals surface area (Å²) in [6, 6.07) is 4.14. The van der Waals surface area contributed by atoms with Gasteiger partial charge in [-0.05, 0) is 25.3 Å². The summed E-state index contributed by atoms with van der Waals surface area (Å²) in [6.45, 7) is 4.20. The molecule has 0 aliphatic heterocycles. The molecule has 0 amide bonds. The van der Waals surface area contributed by atoms with Gasteiger partial charge in [0, 0.05) is 4.88 Å². The molecule has 4 nitrogen and oxygen atoms in total. The van der Waals surface area contributed by atoms with Crippen molar-refractivity contribution in [3.8, 4) is 0 Å². The fourth-order valence-corrected chi connectivity index (χ4v) is 2.42. The smallest absolute Gasteiger partial charge is 0.356 e. The van der Waals surface area contributed by atoms with Crippen LogP contribution in [-0.4, -0.2) is 22.1 Å². The lowest BCUT2D eigenvalue weighted by atomic mass is 10.2. The number of carbonyl (C=O) groups is 1. The Bertz CT molecular complexity index is 490. The van der Waals surface area contributed by atoms with Gasteiger partial charge in [-0.2, -0.15) is 0 Å². The molecular weight excluding hydrogens is 236 g/mol. The van der Waals surface area contributed by atoms with Gasteiger partial charge in [0.1, 0.15) is 5.69 Å². The minimum Gasteiger partial charge on any atom is -0.461 e. The van der Waals surface area contributed by atoms with Crippen molar-refractivity contribution in [2.75, 3.05) is 6.61 Å². The molecule has 0 saturated carbocycles. The van der Waals surface area contributed by atoms with Crippen LogP contribution in [0.2, 0.25) is 0 Å². The van der Waals surface area contributed by atoms with Crippen LogP contribution in [0.3, 0.4) is 0 Å². The van der Waals surface area contributed by atoms with E-state index in [4.69, 9.17) is 4.74 Å². The van der Waals surface area contributed by atoms with E-state index < -0.39 is 0 Å². The monoisotopic (exact) mass is 250 g/mol. The molecule has 90 valence electrons. The van der Waals surface area contributed by atoms with Crippen LogP contribution in [0.25, 0.3) is 0 Å². The van der Waals surface area contributed by atoms with Gasteiger partial charge in [0.25, 0.3) is 0 Å². The summed E-state index contributed by atoms with van der Waals surface area (Å²) in [7, 11) is 0. The van der Waals surface area contributed by atoms with Crippen LogP contribution in [-0.2, 0) is 4.74 Å². The molecule has 0 aliphatic carbocycles. The molecule has 2 rings (SSSR count). The Kier molecular flexibility index (Phi) is 3.58. The molecule has 0 aliphatic rings. The number of rotatable bonds is 4. The average Bonchev–Trinajstić information content (AvgIpc) is 3.00. The highest BCUT2D eigenvalue weighted by Crippen LogP contribution is 2.24. The number of carbonyl (C=O) groups excluding carboxylic acids is 1. The standard InChI is InChI=1S/C12H14N2O2S/c1-3-16-12(15)10-7-13-8-14(10)9(2)11-5-4-6-17-11/h4-9H,3H2,1-2H3. The van der Waals surface area contributed by atoms with Gasteiger partial charge in [0.2, 0.25) is 0 Å². The molecule has 1 atom stereocenters. The van der Waals surface area contributed by atoms with Gasteiger partial charge in [0.15, 0.2) is 0 Å². The molecule has 0 bridgehead atoms. The quantitative estimate of drug-likeness (QED) is 0.784. The first-order valence-corrected chi connectivity index (χ1v) is 6.34. The maximum atomic E-state index is 11.7. The summed E-state index contributed by atoms with van der Waals surface area (Å²) in [6.07, 6.45) is 3.21. The van der Waals surface area contributed by atoms with E-state index in [9.17, 15) is 4.79 Å². The van der Waals surface area contributed by atoms with Crippen LogP contribution in [0, 0.1) is 0 Å². The number of imidazole rings is 1. The van der Waals surface area contributed by atoms with Gasteiger partial charge in [-0.25, -0.2) is 9.78 Å². The van der Waals surface area contributed by atoms with E-state index in [1.165, 1.54) is 4.88 Å². The van der Waals surface area contributed by atoms with Gasteiger partial charge < -0.3 is 9.30 Å². The third-order valence-corrected chi connectivity index (χ3v) is 3.57. The maximum absolute atomic E-state index is 11.7. The Labute approximate surface area is 104 Å². The minimum atomic E-state index is -0.326. The fraction of sp³-hybridized carbons (Fsp3) is 0.333. The van der Waals surface area contributed by atoms with Crippen molar-refractivity contribution in [2.45, 2.75) is 19.9 Å². The fourth-order valence-electron chi connectivity index (χ4n) is 1.64. The van der Waals surface area contributed by atoms with Crippen LogP contribution in [0.5, 0.6) is 0 Å². The second-order valence-corrected chi connectivity index (χ2v) is 4.58. The summed E-state index contributed by atoms with van der Waals surface area (Å²) in [5, 5.41) is 2.02. The zero-order valence-electron chi connectivity index (χ0n) is 9.79. The Morgan fingerprint density at radius 3 is 3.12 bits per heavy atom. The minimum absolute atomic E-state index is 0.0944. The van der Waals surface area contributed by atoms with Gasteiger partial charge in [-0.1, -0.05) is 6.07 Å². The highest BCUT2D eigenvalue weighted by atomic mass is 32.1. The Hall–Kier alpha value is -1.62. The predicted molar refractivity (Wildman–Crippen MR) is 66.3 cm³/mol. The molecular formula is C12H14N2O2S. The first-order valence-electron chi connectivity index (χ1n) is 5.46. The van der Waals surface area contributed by atoms with Crippen molar-refractivity contribution in [3.63, 3.8) is 0 Å². The zero-order chi connectivity index (χ0) is 12.3. The summed E-state index contributed by atoms with van der Waals surface area (Å²) in [5.41, 5.74) is 0.493. The van der Waals surface area contributed by atoms with Gasteiger partial charge in [-0.15, -0.1) is 11.3 Å². The number of esters is 1. The Balaban J connectivity index is 2.27. The third kappa shape index (κ3) is 2.39. The summed E-state index contributed by atoms with van der Waals surface area (Å²) >= 11 is 1.66. The van der Waals surface area contributed by atoms with Gasteiger partial charge >= 0.3 is 5.97 Å². The Morgan fingerprint density at radius 1 is 1.65 bits per heavy atom. The van der Waals surface area contributed by atoms with Crippen molar-refractivity contribution in [1.29, 1.82) is 0 Å². The maximum Gasteiger partial charge on any atom is 0.356 e. The summed E-state index contributed by atoms with van der Waals surface area (Å²) in [4.78, 5) is 16.9. The largest absolute Gasteiger partial charge is 0.461 e. The van der Waals surface area contributed by atoms with E-state index in [1.807, 2.05) is 29.0 Å². The number of nitrogens with zero attached hydrogens (tertiary/aromatic N) is 2. The van der Waals surface area contributed by atoms with Crippen LogP contribution in [0.1, 0.15) is 35.3 Å². The molecule has 2 aromatic rings. The number of hydrogen-bond acceptors (Lipinski definition) is 4. The van der Waals surface area contributed by atoms with Crippen molar-refractivity contribution in [3.05, 3.63) is 40.6 Å². The topological polar surface area (TPSA) is 44.1 Å². The van der Waals surface area contributed by atoms with E-state index in [-0.39, 0.29) is 12.0 Å². The van der Waals surface area contributed by atoms with Gasteiger partial charge in [-0.3, -0.25) is 0 Å². The van der Waals surface area contributed by atoms with E-state index in [0.29, 0.717) is 12.3 Å². The lowest BCUT2D eigenvalue weighted by Crippen LogP contribution is -2.14. The van der Waals surface area contributed by atoms with Crippen LogP contribution < -0.4 is 0 Å². The highest BCUT2D eigenvalue weighted by molar-refractivity contribution is 7.10. The Morgan fingerprint density at radius 2 is 2.47 bits per heavy atom. The number of thiophene rings is 1. The molecule has 1 unspecified atom stereocenters. The third-order valence-electron chi connectivity index (χ3n) is 2.52. The molecule has 0 radical (unpaired) electrons. The predicted octanol–water partition coefficient (Wildman–Crippen LogP) is 2.73. The van der Waals surface area contributed by atoms with Crippen molar-refractivity contribution in [2.24, 2.45) is 0 Å². The van der Waals surface area contributed by atoms with Crippen molar-refractivity contribution < 1.29 is 9.53 Å². The highest BCUT2D eigenvalue weighted by Gasteiger charge is 2.18. The van der Waals surface area contributed by atoms with Crippen LogP contribution in [0.15, 0.2) is 30.0 Å². The average molecular weight is 250 g/mol. The number of ether oxygens (including phenoxy) is 1. The molecule has 17 heavy (non-hydrogen) atoms. The first-order chi connectivity index (χ1) is 8.24. The normalized spacial score (nSPS) is 12.4. The van der Waals surface area contributed by atoms with Crippen LogP contribution in [0.4, 0.5) is 0 Å². The molecule has 2 heterocycles. The lowest BCUT2D eigenvalue weighted by molar-refractivity contribution is 0.0512. The van der Waals surface area contributed by atoms with Crippen molar-refractivity contribution in [1.82, 2.24) is 9.55 Å².